The Morgan fingerprint density at radius 1 is 1.10 bits per heavy atom. The van der Waals surface area contributed by atoms with Crippen molar-refractivity contribution in [3.05, 3.63) is 54.4 Å². The largest absolute Gasteiger partial charge is 0.378 e. The second kappa shape index (κ2) is 6.69. The van der Waals surface area contributed by atoms with Gasteiger partial charge in [0.2, 0.25) is 10.0 Å². The number of benzene rings is 1. The summed E-state index contributed by atoms with van der Waals surface area (Å²) < 4.78 is 27.2. The highest BCUT2D eigenvalue weighted by molar-refractivity contribution is 7.89. The number of aromatic nitrogens is 1. The number of pyridine rings is 1. The molecule has 21 heavy (non-hydrogen) atoms. The van der Waals surface area contributed by atoms with Crippen molar-refractivity contribution in [3.63, 3.8) is 0 Å². The highest BCUT2D eigenvalue weighted by Crippen LogP contribution is 2.21. The van der Waals surface area contributed by atoms with Crippen LogP contribution < -0.4 is 10.0 Å². The number of nitrogens with zero attached hydrogens (tertiary/aromatic N) is 1. The molecule has 0 amide bonds. The monoisotopic (exact) mass is 305 g/mol. The first kappa shape index (κ1) is 15.5. The fourth-order valence-electron chi connectivity index (χ4n) is 1.91. The SMILES string of the molecule is CC(C)NS(=O)(=O)c1ccccc1NCc1ccccn1. The normalized spacial score (nSPS) is 11.6. The summed E-state index contributed by atoms with van der Waals surface area (Å²) in [4.78, 5) is 4.45. The quantitative estimate of drug-likeness (QED) is 0.859. The molecule has 0 atom stereocenters. The third-order valence-corrected chi connectivity index (χ3v) is 4.47. The minimum absolute atomic E-state index is 0.154. The van der Waals surface area contributed by atoms with Crippen molar-refractivity contribution in [2.24, 2.45) is 0 Å². The topological polar surface area (TPSA) is 71.1 Å². The molecule has 0 aliphatic heterocycles. The van der Waals surface area contributed by atoms with E-state index in [9.17, 15) is 8.42 Å². The molecule has 0 saturated heterocycles. The zero-order valence-electron chi connectivity index (χ0n) is 12.1. The van der Waals surface area contributed by atoms with Gasteiger partial charge in [-0.1, -0.05) is 18.2 Å². The summed E-state index contributed by atoms with van der Waals surface area (Å²) in [6, 6.07) is 12.3. The molecule has 2 rings (SSSR count). The van der Waals surface area contributed by atoms with Gasteiger partial charge in [-0.05, 0) is 38.1 Å². The molecule has 1 aromatic carbocycles. The number of hydrogen-bond donors (Lipinski definition) is 2. The first-order chi connectivity index (χ1) is 9.99. The van der Waals surface area contributed by atoms with Crippen LogP contribution in [0.25, 0.3) is 0 Å². The zero-order chi connectivity index (χ0) is 15.3. The predicted octanol–water partition coefficient (Wildman–Crippen LogP) is 2.38. The van der Waals surface area contributed by atoms with Crippen LogP contribution in [0.1, 0.15) is 19.5 Å². The van der Waals surface area contributed by atoms with Gasteiger partial charge in [0, 0.05) is 12.2 Å². The van der Waals surface area contributed by atoms with Gasteiger partial charge in [0.25, 0.3) is 0 Å². The van der Waals surface area contributed by atoms with E-state index in [0.717, 1.165) is 5.69 Å². The molecule has 0 unspecified atom stereocenters. The van der Waals surface area contributed by atoms with Crippen LogP contribution in [0.4, 0.5) is 5.69 Å². The summed E-state index contributed by atoms with van der Waals surface area (Å²) >= 11 is 0. The fraction of sp³-hybridized carbons (Fsp3) is 0.267. The lowest BCUT2D eigenvalue weighted by molar-refractivity contribution is 0.570. The number of para-hydroxylation sites is 1. The number of nitrogens with one attached hydrogen (secondary N) is 2. The Morgan fingerprint density at radius 3 is 2.48 bits per heavy atom. The van der Waals surface area contributed by atoms with Crippen LogP contribution in [0.5, 0.6) is 0 Å². The number of sulfonamides is 1. The summed E-state index contributed by atoms with van der Waals surface area (Å²) in [6.07, 6.45) is 1.71. The minimum Gasteiger partial charge on any atom is -0.378 e. The molecular weight excluding hydrogens is 286 g/mol. The van der Waals surface area contributed by atoms with Gasteiger partial charge in [0.15, 0.2) is 0 Å². The number of anilines is 1. The van der Waals surface area contributed by atoms with Crippen LogP contribution in [0.3, 0.4) is 0 Å². The summed E-state index contributed by atoms with van der Waals surface area (Å²) in [5.41, 5.74) is 1.41. The van der Waals surface area contributed by atoms with E-state index in [1.165, 1.54) is 0 Å². The Bertz CT molecular complexity index is 685. The van der Waals surface area contributed by atoms with E-state index in [1.54, 1.807) is 44.3 Å². The van der Waals surface area contributed by atoms with Crippen LogP contribution >= 0.6 is 0 Å². The Labute approximate surface area is 125 Å². The maximum atomic E-state index is 12.3. The van der Waals surface area contributed by atoms with Gasteiger partial charge in [-0.15, -0.1) is 0 Å². The maximum Gasteiger partial charge on any atom is 0.242 e. The average molecular weight is 305 g/mol. The average Bonchev–Trinajstić information content (AvgIpc) is 2.45. The van der Waals surface area contributed by atoms with Gasteiger partial charge in [-0.25, -0.2) is 13.1 Å². The van der Waals surface area contributed by atoms with Crippen molar-refractivity contribution < 1.29 is 8.42 Å². The second-order valence-corrected chi connectivity index (χ2v) is 6.63. The third-order valence-electron chi connectivity index (χ3n) is 2.75. The highest BCUT2D eigenvalue weighted by atomic mass is 32.2. The molecule has 0 aliphatic rings. The zero-order valence-corrected chi connectivity index (χ0v) is 12.9. The highest BCUT2D eigenvalue weighted by Gasteiger charge is 2.18. The molecule has 0 aliphatic carbocycles. The smallest absolute Gasteiger partial charge is 0.242 e. The maximum absolute atomic E-state index is 12.3. The Balaban J connectivity index is 2.21. The van der Waals surface area contributed by atoms with E-state index in [4.69, 9.17) is 0 Å². The van der Waals surface area contributed by atoms with E-state index < -0.39 is 10.0 Å². The summed E-state index contributed by atoms with van der Waals surface area (Å²) in [5, 5.41) is 3.13. The van der Waals surface area contributed by atoms with Crippen LogP contribution in [0, 0.1) is 0 Å². The van der Waals surface area contributed by atoms with Gasteiger partial charge in [0.1, 0.15) is 4.90 Å². The van der Waals surface area contributed by atoms with Crippen molar-refractivity contribution in [2.45, 2.75) is 31.3 Å². The molecule has 0 spiro atoms. The van der Waals surface area contributed by atoms with Gasteiger partial charge < -0.3 is 5.32 Å². The molecule has 2 N–H and O–H groups in total. The lowest BCUT2D eigenvalue weighted by Gasteiger charge is -2.14. The van der Waals surface area contributed by atoms with Crippen molar-refractivity contribution in [1.82, 2.24) is 9.71 Å². The van der Waals surface area contributed by atoms with Crippen molar-refractivity contribution in [1.29, 1.82) is 0 Å². The van der Waals surface area contributed by atoms with Crippen LogP contribution in [0.2, 0.25) is 0 Å². The van der Waals surface area contributed by atoms with Crippen molar-refractivity contribution >= 4 is 15.7 Å². The van der Waals surface area contributed by atoms with E-state index >= 15 is 0 Å². The van der Waals surface area contributed by atoms with Gasteiger partial charge >= 0.3 is 0 Å². The van der Waals surface area contributed by atoms with Crippen LogP contribution in [0.15, 0.2) is 53.6 Å². The fourth-order valence-corrected chi connectivity index (χ4v) is 3.34. The summed E-state index contributed by atoms with van der Waals surface area (Å²) in [6.45, 7) is 4.05. The van der Waals surface area contributed by atoms with Gasteiger partial charge in [-0.2, -0.15) is 0 Å². The predicted molar refractivity (Wildman–Crippen MR) is 83.5 cm³/mol. The number of rotatable bonds is 6. The van der Waals surface area contributed by atoms with Gasteiger partial charge in [0.05, 0.1) is 17.9 Å². The molecule has 112 valence electrons. The van der Waals surface area contributed by atoms with E-state index in [1.807, 2.05) is 18.2 Å². The minimum atomic E-state index is -3.53. The molecule has 6 heteroatoms. The van der Waals surface area contributed by atoms with E-state index in [-0.39, 0.29) is 10.9 Å². The van der Waals surface area contributed by atoms with Crippen molar-refractivity contribution in [2.75, 3.05) is 5.32 Å². The molecule has 2 aromatic rings. The number of hydrogen-bond acceptors (Lipinski definition) is 4. The molecule has 0 fully saturated rings. The van der Waals surface area contributed by atoms with Gasteiger partial charge in [-0.3, -0.25) is 4.98 Å². The first-order valence-electron chi connectivity index (χ1n) is 6.74. The molecule has 0 radical (unpaired) electrons. The van der Waals surface area contributed by atoms with Crippen molar-refractivity contribution in [3.8, 4) is 0 Å². The Morgan fingerprint density at radius 2 is 1.81 bits per heavy atom. The molecule has 0 bridgehead atoms. The Hall–Kier alpha value is -1.92. The second-order valence-electron chi connectivity index (χ2n) is 4.95. The first-order valence-corrected chi connectivity index (χ1v) is 8.22. The summed E-state index contributed by atoms with van der Waals surface area (Å²) in [7, 11) is -3.53. The Kier molecular flexibility index (Phi) is 4.93. The standard InChI is InChI=1S/C15H19N3O2S/c1-12(2)18-21(19,20)15-9-4-3-8-14(15)17-11-13-7-5-6-10-16-13/h3-10,12,17-18H,11H2,1-2H3. The van der Waals surface area contributed by atoms with Crippen LogP contribution in [-0.2, 0) is 16.6 Å². The van der Waals surface area contributed by atoms with E-state index in [0.29, 0.717) is 12.2 Å². The van der Waals surface area contributed by atoms with E-state index in [2.05, 4.69) is 15.0 Å². The lowest BCUT2D eigenvalue weighted by atomic mass is 10.3. The molecule has 5 nitrogen and oxygen atoms in total. The molecule has 0 saturated carbocycles. The lowest BCUT2D eigenvalue weighted by Crippen LogP contribution is -2.30. The summed E-state index contributed by atoms with van der Waals surface area (Å²) in [5.74, 6) is 0. The molecular formula is C15H19N3O2S. The molecule has 1 aromatic heterocycles. The van der Waals surface area contributed by atoms with Crippen LogP contribution in [-0.4, -0.2) is 19.4 Å². The third kappa shape index (κ3) is 4.27. The molecule has 1 heterocycles.